The fourth-order valence-corrected chi connectivity index (χ4v) is 3.45. The fraction of sp³-hybridized carbons (Fsp3) is 0.500. The van der Waals surface area contributed by atoms with Crippen LogP contribution < -0.4 is 0 Å². The molecule has 2 aliphatic rings. The van der Waals surface area contributed by atoms with Gasteiger partial charge in [-0.25, -0.2) is 9.78 Å². The van der Waals surface area contributed by atoms with Crippen LogP contribution in [0.15, 0.2) is 18.2 Å². The molecule has 1 heterocycles. The molecule has 0 bridgehead atoms. The molecule has 1 N–H and O–H groups in total. The lowest BCUT2D eigenvalue weighted by molar-refractivity contribution is 0.0697. The Morgan fingerprint density at radius 3 is 2.80 bits per heavy atom. The first-order valence-corrected chi connectivity index (χ1v) is 7.29. The number of rotatable bonds is 4. The van der Waals surface area contributed by atoms with E-state index < -0.39 is 5.97 Å². The highest BCUT2D eigenvalue weighted by Gasteiger charge is 2.53. The largest absolute Gasteiger partial charge is 0.478 e. The summed E-state index contributed by atoms with van der Waals surface area (Å²) in [4.78, 5) is 15.6. The molecule has 0 saturated heterocycles. The monoisotopic (exact) mass is 270 g/mol. The van der Waals surface area contributed by atoms with E-state index >= 15 is 0 Å². The van der Waals surface area contributed by atoms with E-state index in [9.17, 15) is 4.79 Å². The predicted molar refractivity (Wildman–Crippen MR) is 75.8 cm³/mol. The Bertz CT molecular complexity index is 709. The van der Waals surface area contributed by atoms with Crippen LogP contribution in [-0.4, -0.2) is 20.6 Å². The van der Waals surface area contributed by atoms with E-state index in [0.29, 0.717) is 11.0 Å². The molecule has 2 aromatic rings. The van der Waals surface area contributed by atoms with E-state index in [1.165, 1.54) is 25.7 Å². The van der Waals surface area contributed by atoms with Crippen LogP contribution in [0.5, 0.6) is 0 Å². The number of carbonyl (C=O) groups is 1. The molecule has 2 aliphatic carbocycles. The Labute approximate surface area is 117 Å². The van der Waals surface area contributed by atoms with Crippen LogP contribution >= 0.6 is 0 Å². The molecule has 2 saturated carbocycles. The highest BCUT2D eigenvalue weighted by molar-refractivity contribution is 5.92. The summed E-state index contributed by atoms with van der Waals surface area (Å²) in [5.41, 5.74) is 2.70. The summed E-state index contributed by atoms with van der Waals surface area (Å²) in [6.45, 7) is 3.07. The van der Waals surface area contributed by atoms with E-state index in [1.807, 2.05) is 13.0 Å². The number of benzene rings is 1. The second kappa shape index (κ2) is 3.84. The van der Waals surface area contributed by atoms with Gasteiger partial charge in [-0.05, 0) is 62.1 Å². The summed E-state index contributed by atoms with van der Waals surface area (Å²) in [6.07, 6.45) is 5.44. The maximum absolute atomic E-state index is 11.0. The lowest BCUT2D eigenvalue weighted by Gasteiger charge is -2.16. The SMILES string of the molecule is Cc1nc2cc(C(=O)O)ccc2n1CC1(C2CC2)CC1. The van der Waals surface area contributed by atoms with Gasteiger partial charge in [0.25, 0.3) is 0 Å². The van der Waals surface area contributed by atoms with Gasteiger partial charge in [-0.3, -0.25) is 0 Å². The molecule has 0 spiro atoms. The number of carboxylic acids is 1. The number of nitrogens with zero attached hydrogens (tertiary/aromatic N) is 2. The zero-order valence-corrected chi connectivity index (χ0v) is 11.6. The number of hydrogen-bond acceptors (Lipinski definition) is 2. The molecule has 1 aromatic carbocycles. The van der Waals surface area contributed by atoms with Gasteiger partial charge in [0.2, 0.25) is 0 Å². The minimum absolute atomic E-state index is 0.311. The quantitative estimate of drug-likeness (QED) is 0.928. The van der Waals surface area contributed by atoms with Gasteiger partial charge in [0, 0.05) is 6.54 Å². The topological polar surface area (TPSA) is 55.1 Å². The van der Waals surface area contributed by atoms with Crippen LogP contribution in [0.3, 0.4) is 0 Å². The molecular weight excluding hydrogens is 252 g/mol. The average molecular weight is 270 g/mol. The van der Waals surface area contributed by atoms with Crippen molar-refractivity contribution in [2.24, 2.45) is 11.3 Å². The van der Waals surface area contributed by atoms with Gasteiger partial charge in [-0.2, -0.15) is 0 Å². The summed E-state index contributed by atoms with van der Waals surface area (Å²) in [5.74, 6) is 1.02. The van der Waals surface area contributed by atoms with Crippen molar-refractivity contribution in [2.75, 3.05) is 0 Å². The molecule has 0 radical (unpaired) electrons. The van der Waals surface area contributed by atoms with E-state index in [-0.39, 0.29) is 0 Å². The summed E-state index contributed by atoms with van der Waals surface area (Å²) in [5, 5.41) is 9.06. The van der Waals surface area contributed by atoms with Gasteiger partial charge >= 0.3 is 5.97 Å². The summed E-state index contributed by atoms with van der Waals surface area (Å²) in [7, 11) is 0. The van der Waals surface area contributed by atoms with Crippen LogP contribution in [0.25, 0.3) is 11.0 Å². The van der Waals surface area contributed by atoms with E-state index in [2.05, 4.69) is 9.55 Å². The van der Waals surface area contributed by atoms with Crippen molar-refractivity contribution in [3.8, 4) is 0 Å². The number of carboxylic acid groups (broad SMARTS) is 1. The Morgan fingerprint density at radius 2 is 2.20 bits per heavy atom. The molecule has 0 unspecified atom stereocenters. The normalized spacial score (nSPS) is 20.2. The molecule has 4 heteroatoms. The number of aromatic nitrogens is 2. The van der Waals surface area contributed by atoms with Crippen LogP contribution in [0.1, 0.15) is 41.9 Å². The summed E-state index contributed by atoms with van der Waals surface area (Å²) < 4.78 is 2.28. The van der Waals surface area contributed by atoms with Crippen molar-refractivity contribution < 1.29 is 9.90 Å². The van der Waals surface area contributed by atoms with Gasteiger partial charge in [0.1, 0.15) is 5.82 Å². The van der Waals surface area contributed by atoms with Crippen LogP contribution in [0.4, 0.5) is 0 Å². The first-order chi connectivity index (χ1) is 9.59. The van der Waals surface area contributed by atoms with Crippen molar-refractivity contribution in [1.29, 1.82) is 0 Å². The molecule has 0 atom stereocenters. The van der Waals surface area contributed by atoms with Crippen molar-refractivity contribution in [2.45, 2.75) is 39.2 Å². The van der Waals surface area contributed by atoms with Crippen molar-refractivity contribution in [3.05, 3.63) is 29.6 Å². The Hall–Kier alpha value is -1.84. The Balaban J connectivity index is 1.75. The van der Waals surface area contributed by atoms with Crippen LogP contribution in [0, 0.1) is 18.3 Å². The summed E-state index contributed by atoms with van der Waals surface area (Å²) in [6, 6.07) is 5.26. The number of aromatic carboxylic acids is 1. The fourth-order valence-electron chi connectivity index (χ4n) is 3.45. The molecule has 4 nitrogen and oxygen atoms in total. The second-order valence-corrected chi connectivity index (χ2v) is 6.39. The average Bonchev–Trinajstić information content (AvgIpc) is 3.29. The smallest absolute Gasteiger partial charge is 0.335 e. The zero-order valence-electron chi connectivity index (χ0n) is 11.6. The molecular formula is C16H18N2O2. The number of hydrogen-bond donors (Lipinski definition) is 1. The Morgan fingerprint density at radius 1 is 1.45 bits per heavy atom. The molecule has 4 rings (SSSR count). The third-order valence-electron chi connectivity index (χ3n) is 4.99. The number of imidazole rings is 1. The summed E-state index contributed by atoms with van der Waals surface area (Å²) >= 11 is 0. The maximum atomic E-state index is 11.0. The van der Waals surface area contributed by atoms with Gasteiger partial charge < -0.3 is 9.67 Å². The van der Waals surface area contributed by atoms with E-state index in [4.69, 9.17) is 5.11 Å². The molecule has 20 heavy (non-hydrogen) atoms. The number of aryl methyl sites for hydroxylation is 1. The lowest BCUT2D eigenvalue weighted by Crippen LogP contribution is -2.14. The highest BCUT2D eigenvalue weighted by Crippen LogP contribution is 2.62. The first kappa shape index (κ1) is 11.9. The predicted octanol–water partition coefficient (Wildman–Crippen LogP) is 3.23. The van der Waals surface area contributed by atoms with Crippen molar-refractivity contribution in [1.82, 2.24) is 9.55 Å². The zero-order chi connectivity index (χ0) is 13.9. The van der Waals surface area contributed by atoms with Crippen molar-refractivity contribution >= 4 is 17.0 Å². The number of fused-ring (bicyclic) bond motifs is 1. The van der Waals surface area contributed by atoms with Gasteiger partial charge in [-0.15, -0.1) is 0 Å². The molecule has 0 aliphatic heterocycles. The van der Waals surface area contributed by atoms with Gasteiger partial charge in [0.15, 0.2) is 0 Å². The maximum Gasteiger partial charge on any atom is 0.335 e. The van der Waals surface area contributed by atoms with Gasteiger partial charge in [-0.1, -0.05) is 0 Å². The minimum atomic E-state index is -0.893. The molecule has 2 fully saturated rings. The van der Waals surface area contributed by atoms with Crippen molar-refractivity contribution in [3.63, 3.8) is 0 Å². The molecule has 104 valence electrons. The Kier molecular flexibility index (Phi) is 2.29. The molecule has 0 amide bonds. The molecule has 1 aromatic heterocycles. The van der Waals surface area contributed by atoms with E-state index in [0.717, 1.165) is 29.3 Å². The van der Waals surface area contributed by atoms with Gasteiger partial charge in [0.05, 0.1) is 16.6 Å². The highest BCUT2D eigenvalue weighted by atomic mass is 16.4. The van der Waals surface area contributed by atoms with Crippen LogP contribution in [-0.2, 0) is 6.54 Å². The van der Waals surface area contributed by atoms with Crippen LogP contribution in [0.2, 0.25) is 0 Å². The second-order valence-electron chi connectivity index (χ2n) is 6.39. The third-order valence-corrected chi connectivity index (χ3v) is 4.99. The minimum Gasteiger partial charge on any atom is -0.478 e. The lowest BCUT2D eigenvalue weighted by atomic mass is 10.0. The first-order valence-electron chi connectivity index (χ1n) is 7.29. The standard InChI is InChI=1S/C16H18N2O2/c1-10-17-13-8-11(15(19)20)2-5-14(13)18(10)9-16(6-7-16)12-3-4-12/h2,5,8,12H,3-4,6-7,9H2,1H3,(H,19,20). The third kappa shape index (κ3) is 1.74. The van der Waals surface area contributed by atoms with E-state index in [1.54, 1.807) is 12.1 Å².